The molecule has 5 aromatic rings. The number of aromatic nitrogens is 2. The number of nitrogens with zero attached hydrogens (tertiary/aromatic N) is 2. The summed E-state index contributed by atoms with van der Waals surface area (Å²) >= 11 is 0. The summed E-state index contributed by atoms with van der Waals surface area (Å²) < 4.78 is 25.6. The molecule has 50 heavy (non-hydrogen) atoms. The fraction of sp³-hybridized carbons (Fsp3) is 0.455. The highest BCUT2D eigenvalue weighted by atomic mass is 16.5. The van der Waals surface area contributed by atoms with Gasteiger partial charge in [0.2, 0.25) is 0 Å². The minimum Gasteiger partial charge on any atom is -0.493 e. The van der Waals surface area contributed by atoms with Crippen LogP contribution >= 0.6 is 0 Å². The summed E-state index contributed by atoms with van der Waals surface area (Å²) in [5.74, 6) is 3.37. The summed E-state index contributed by atoms with van der Waals surface area (Å²) in [4.78, 5) is 10.5. The van der Waals surface area contributed by atoms with E-state index in [2.05, 4.69) is 72.8 Å². The zero-order chi connectivity index (χ0) is 33.8. The second-order valence-electron chi connectivity index (χ2n) is 14.0. The molecule has 5 aliphatic rings. The van der Waals surface area contributed by atoms with Crippen LogP contribution < -0.4 is 18.9 Å². The molecule has 0 atom stereocenters. The molecule has 0 unspecified atom stereocenters. The Morgan fingerprint density at radius 2 is 0.680 bits per heavy atom. The van der Waals surface area contributed by atoms with Crippen LogP contribution in [0, 0.1) is 0 Å². The van der Waals surface area contributed by atoms with E-state index in [1.165, 1.54) is 77.0 Å². The van der Waals surface area contributed by atoms with E-state index in [0.717, 1.165) is 106 Å². The van der Waals surface area contributed by atoms with Crippen LogP contribution in [0.1, 0.15) is 103 Å². The minimum absolute atomic E-state index is 0.682. The Balaban J connectivity index is 1.31. The van der Waals surface area contributed by atoms with Crippen LogP contribution in [0.3, 0.4) is 0 Å². The van der Waals surface area contributed by atoms with Gasteiger partial charge in [-0.05, 0) is 62.1 Å². The van der Waals surface area contributed by atoms with Crippen LogP contribution in [-0.2, 0) is 0 Å². The van der Waals surface area contributed by atoms with Crippen molar-refractivity contribution >= 4 is 21.8 Å². The van der Waals surface area contributed by atoms with Crippen LogP contribution in [0.4, 0.5) is 0 Å². The number of hydrogen-bond donors (Lipinski definition) is 0. The van der Waals surface area contributed by atoms with Crippen molar-refractivity contribution in [2.45, 2.75) is 103 Å². The van der Waals surface area contributed by atoms with Crippen molar-refractivity contribution in [2.24, 2.45) is 0 Å². The van der Waals surface area contributed by atoms with Crippen molar-refractivity contribution in [1.82, 2.24) is 9.97 Å². The first-order valence-corrected chi connectivity index (χ1v) is 19.3. The first kappa shape index (κ1) is 34.1. The maximum atomic E-state index is 6.52. The first-order valence-electron chi connectivity index (χ1n) is 19.3. The van der Waals surface area contributed by atoms with E-state index >= 15 is 0 Å². The summed E-state index contributed by atoms with van der Waals surface area (Å²) in [6.45, 7) is 2.80. The third-order valence-electron chi connectivity index (χ3n) is 10.1. The molecule has 6 nitrogen and oxygen atoms in total. The van der Waals surface area contributed by atoms with Gasteiger partial charge in [0, 0.05) is 34.0 Å². The number of benzene rings is 3. The summed E-state index contributed by atoms with van der Waals surface area (Å²) in [6, 6.07) is 25.2. The molecule has 262 valence electrons. The normalized spacial score (nSPS) is 17.4. The zero-order valence-corrected chi connectivity index (χ0v) is 29.6. The SMILES string of the molecule is c1cc2c3cc1OCCCCCCCCCCOc1ccc(c(c1)OCCCCCCCCCCO3)-c1ccc3ccc4ccc-2nc4c3n1. The molecular formula is C44H52N2O4. The topological polar surface area (TPSA) is 62.7 Å². The standard InChI is InChI=1S/C44H52N2O4/c1-2-6-10-14-28-48-36-22-24-38-40-26-20-34-18-17-33-19-25-39(45-43(33)44(34)46-40)37-23-21-35(47-27-13-9-5-1)31-41(37)49-29-15-11-7-3-4-8-12-16-30-50-42(38)32-36/h17-26,31-32H,1-16,27-30H2. The predicted octanol–water partition coefficient (Wildman–Crippen LogP) is 11.9. The van der Waals surface area contributed by atoms with Gasteiger partial charge in [-0.1, -0.05) is 101 Å². The molecule has 6 heteroatoms. The summed E-state index contributed by atoms with van der Waals surface area (Å²) in [5.41, 5.74) is 5.43. The number of hydrogen-bond acceptors (Lipinski definition) is 6. The number of rotatable bonds is 0. The van der Waals surface area contributed by atoms with E-state index in [0.29, 0.717) is 13.2 Å². The van der Waals surface area contributed by atoms with Gasteiger partial charge in [-0.3, -0.25) is 0 Å². The Kier molecular flexibility index (Phi) is 12.0. The highest BCUT2D eigenvalue weighted by molar-refractivity contribution is 6.04. The maximum absolute atomic E-state index is 6.52. The van der Waals surface area contributed by atoms with Crippen LogP contribution in [-0.4, -0.2) is 36.4 Å². The molecule has 5 aliphatic heterocycles. The summed E-state index contributed by atoms with van der Waals surface area (Å²) in [7, 11) is 0. The molecule has 0 fully saturated rings. The van der Waals surface area contributed by atoms with Crippen molar-refractivity contribution in [2.75, 3.05) is 26.4 Å². The fourth-order valence-corrected chi connectivity index (χ4v) is 7.19. The van der Waals surface area contributed by atoms with E-state index in [-0.39, 0.29) is 0 Å². The Morgan fingerprint density at radius 3 is 1.08 bits per heavy atom. The van der Waals surface area contributed by atoms with Crippen molar-refractivity contribution in [3.8, 4) is 45.5 Å². The van der Waals surface area contributed by atoms with Gasteiger partial charge < -0.3 is 18.9 Å². The maximum Gasteiger partial charge on any atom is 0.132 e. The summed E-state index contributed by atoms with van der Waals surface area (Å²) in [5, 5.41) is 2.10. The average molecular weight is 673 g/mol. The molecule has 10 rings (SSSR count). The van der Waals surface area contributed by atoms with E-state index < -0.39 is 0 Å². The van der Waals surface area contributed by atoms with Crippen molar-refractivity contribution in [3.05, 3.63) is 72.8 Å². The van der Waals surface area contributed by atoms with Gasteiger partial charge in [0.1, 0.15) is 23.0 Å². The minimum atomic E-state index is 0.682. The van der Waals surface area contributed by atoms with Gasteiger partial charge >= 0.3 is 0 Å². The second-order valence-corrected chi connectivity index (χ2v) is 14.0. The van der Waals surface area contributed by atoms with E-state index in [1.807, 2.05) is 0 Å². The molecule has 2 aromatic heterocycles. The average Bonchev–Trinajstić information content (AvgIpc) is 3.14. The molecule has 3 aromatic carbocycles. The Bertz CT molecular complexity index is 1720. The first-order chi connectivity index (χ1) is 24.8. The molecule has 0 saturated heterocycles. The Labute approximate surface area is 297 Å². The van der Waals surface area contributed by atoms with Gasteiger partial charge in [-0.2, -0.15) is 0 Å². The third kappa shape index (κ3) is 8.88. The fourth-order valence-electron chi connectivity index (χ4n) is 7.19. The van der Waals surface area contributed by atoms with Gasteiger partial charge in [0.15, 0.2) is 0 Å². The molecule has 0 radical (unpaired) electrons. The van der Waals surface area contributed by atoms with Crippen molar-refractivity contribution in [3.63, 3.8) is 0 Å². The monoisotopic (exact) mass is 672 g/mol. The molecular weight excluding hydrogens is 620 g/mol. The lowest BCUT2D eigenvalue weighted by Crippen LogP contribution is -2.03. The zero-order valence-electron chi connectivity index (χ0n) is 29.6. The second kappa shape index (κ2) is 17.6. The molecule has 0 aliphatic carbocycles. The van der Waals surface area contributed by atoms with E-state index in [9.17, 15) is 0 Å². The number of ether oxygens (including phenoxy) is 4. The molecule has 0 N–H and O–H groups in total. The van der Waals surface area contributed by atoms with Crippen LogP contribution in [0.2, 0.25) is 0 Å². The van der Waals surface area contributed by atoms with Crippen molar-refractivity contribution < 1.29 is 18.9 Å². The molecule has 10 bridgehead atoms. The van der Waals surface area contributed by atoms with Crippen LogP contribution in [0.15, 0.2) is 72.8 Å². The Hall–Kier alpha value is -4.32. The Morgan fingerprint density at radius 1 is 0.340 bits per heavy atom. The third-order valence-corrected chi connectivity index (χ3v) is 10.1. The van der Waals surface area contributed by atoms with E-state index in [4.69, 9.17) is 28.9 Å². The molecule has 0 amide bonds. The highest BCUT2D eigenvalue weighted by Gasteiger charge is 2.16. The van der Waals surface area contributed by atoms with Gasteiger partial charge in [0.05, 0.1) is 48.8 Å². The highest BCUT2D eigenvalue weighted by Crippen LogP contribution is 2.37. The summed E-state index contributed by atoms with van der Waals surface area (Å²) in [6.07, 6.45) is 18.9. The smallest absolute Gasteiger partial charge is 0.132 e. The lowest BCUT2D eigenvalue weighted by molar-refractivity contribution is 0.287. The lowest BCUT2D eigenvalue weighted by atomic mass is 10.0. The van der Waals surface area contributed by atoms with Crippen LogP contribution in [0.25, 0.3) is 44.3 Å². The molecule has 0 spiro atoms. The van der Waals surface area contributed by atoms with Crippen molar-refractivity contribution in [1.29, 1.82) is 0 Å². The molecule has 7 heterocycles. The van der Waals surface area contributed by atoms with Gasteiger partial charge in [-0.15, -0.1) is 0 Å². The van der Waals surface area contributed by atoms with E-state index in [1.54, 1.807) is 0 Å². The van der Waals surface area contributed by atoms with Gasteiger partial charge in [-0.25, -0.2) is 9.97 Å². The van der Waals surface area contributed by atoms with Crippen LogP contribution in [0.5, 0.6) is 23.0 Å². The number of pyridine rings is 2. The van der Waals surface area contributed by atoms with Gasteiger partial charge in [0.25, 0.3) is 0 Å². The quantitative estimate of drug-likeness (QED) is 0.153. The largest absolute Gasteiger partial charge is 0.493 e. The lowest BCUT2D eigenvalue weighted by Gasteiger charge is -2.16. The predicted molar refractivity (Wildman–Crippen MR) is 204 cm³/mol. The molecule has 0 saturated carbocycles.